The summed E-state index contributed by atoms with van der Waals surface area (Å²) in [5, 5.41) is 0.684. The van der Waals surface area contributed by atoms with Crippen LogP contribution in [0.3, 0.4) is 0 Å². The zero-order chi connectivity index (χ0) is 13.5. The molecular formula is C12H12Cl2N2O2. The molecule has 1 aromatic rings. The van der Waals surface area contributed by atoms with Gasteiger partial charge in [-0.1, -0.05) is 37.0 Å². The number of carbonyl (C=O) groups excluding carboxylic acids is 2. The molecule has 1 aromatic heterocycles. The zero-order valence-corrected chi connectivity index (χ0v) is 11.5. The summed E-state index contributed by atoms with van der Waals surface area (Å²) in [5.74, 6) is -0.366. The number of hydrogen-bond acceptors (Lipinski definition) is 3. The number of nitrogens with zero attached hydrogens (tertiary/aromatic N) is 2. The number of likely N-dealkylation sites (tertiary alicyclic amines) is 1. The molecule has 1 saturated heterocycles. The van der Waals surface area contributed by atoms with Gasteiger partial charge in [-0.05, 0) is 6.07 Å². The minimum absolute atomic E-state index is 0.143. The van der Waals surface area contributed by atoms with Crippen LogP contribution in [0.25, 0.3) is 0 Å². The smallest absolute Gasteiger partial charge is 0.235 e. The maximum absolute atomic E-state index is 12.0. The number of carbonyl (C=O) groups is 2. The van der Waals surface area contributed by atoms with Crippen molar-refractivity contribution in [2.45, 2.75) is 26.8 Å². The van der Waals surface area contributed by atoms with Gasteiger partial charge in [0.15, 0.2) is 0 Å². The Morgan fingerprint density at radius 2 is 2.06 bits per heavy atom. The third-order valence-electron chi connectivity index (χ3n) is 2.94. The van der Waals surface area contributed by atoms with Gasteiger partial charge in [0.25, 0.3) is 0 Å². The Morgan fingerprint density at radius 1 is 1.39 bits per heavy atom. The van der Waals surface area contributed by atoms with Gasteiger partial charge in [0.1, 0.15) is 5.15 Å². The molecule has 96 valence electrons. The van der Waals surface area contributed by atoms with Gasteiger partial charge < -0.3 is 0 Å². The molecule has 0 saturated carbocycles. The predicted octanol–water partition coefficient (Wildman–Crippen LogP) is 2.67. The maximum atomic E-state index is 12.0. The lowest BCUT2D eigenvalue weighted by molar-refractivity contribution is -0.141. The molecule has 1 fully saturated rings. The third-order valence-corrected chi connectivity index (χ3v) is 3.50. The van der Waals surface area contributed by atoms with Crippen LogP contribution in [0.4, 0.5) is 0 Å². The summed E-state index contributed by atoms with van der Waals surface area (Å²) in [6.45, 7) is 3.66. The van der Waals surface area contributed by atoms with Crippen molar-refractivity contribution < 1.29 is 9.59 Å². The van der Waals surface area contributed by atoms with Crippen molar-refractivity contribution in [1.82, 2.24) is 9.88 Å². The molecule has 0 radical (unpaired) electrons. The molecule has 1 aliphatic heterocycles. The Labute approximate surface area is 115 Å². The highest BCUT2D eigenvalue weighted by Crippen LogP contribution is 2.33. The summed E-state index contributed by atoms with van der Waals surface area (Å²) in [7, 11) is 0. The highest BCUT2D eigenvalue weighted by molar-refractivity contribution is 6.34. The van der Waals surface area contributed by atoms with Gasteiger partial charge in [0.2, 0.25) is 11.8 Å². The van der Waals surface area contributed by atoms with Crippen LogP contribution in [0.5, 0.6) is 0 Å². The summed E-state index contributed by atoms with van der Waals surface area (Å²) in [5.41, 5.74) is -0.0240. The molecule has 18 heavy (non-hydrogen) atoms. The topological polar surface area (TPSA) is 50.3 Å². The van der Waals surface area contributed by atoms with Gasteiger partial charge in [-0.15, -0.1) is 0 Å². The highest BCUT2D eigenvalue weighted by atomic mass is 35.5. The SMILES string of the molecule is CC1(C)CC(=O)N(Cc2cnc(Cl)cc2Cl)C1=O. The van der Waals surface area contributed by atoms with E-state index in [2.05, 4.69) is 4.98 Å². The number of rotatable bonds is 2. The number of pyridine rings is 1. The van der Waals surface area contributed by atoms with Crippen LogP contribution in [0.1, 0.15) is 25.8 Å². The van der Waals surface area contributed by atoms with Crippen LogP contribution in [0.15, 0.2) is 12.3 Å². The number of aromatic nitrogens is 1. The molecule has 2 heterocycles. The van der Waals surface area contributed by atoms with Crippen LogP contribution in [0, 0.1) is 5.41 Å². The molecule has 0 N–H and O–H groups in total. The van der Waals surface area contributed by atoms with E-state index in [0.29, 0.717) is 10.6 Å². The van der Waals surface area contributed by atoms with Crippen LogP contribution in [-0.4, -0.2) is 21.7 Å². The van der Waals surface area contributed by atoms with Crippen LogP contribution < -0.4 is 0 Å². The van der Waals surface area contributed by atoms with Crippen molar-refractivity contribution >= 4 is 35.0 Å². The Kier molecular flexibility index (Phi) is 3.34. The monoisotopic (exact) mass is 286 g/mol. The predicted molar refractivity (Wildman–Crippen MR) is 68.2 cm³/mol. The number of imide groups is 1. The summed E-state index contributed by atoms with van der Waals surface area (Å²) in [4.78, 5) is 29.0. The van der Waals surface area contributed by atoms with Crippen molar-refractivity contribution in [3.8, 4) is 0 Å². The summed E-state index contributed by atoms with van der Waals surface area (Å²) in [6.07, 6.45) is 1.71. The van der Waals surface area contributed by atoms with E-state index >= 15 is 0 Å². The Balaban J connectivity index is 2.24. The van der Waals surface area contributed by atoms with Gasteiger partial charge in [-0.3, -0.25) is 14.5 Å². The number of hydrogen-bond donors (Lipinski definition) is 0. The first-order valence-corrected chi connectivity index (χ1v) is 6.21. The summed E-state index contributed by atoms with van der Waals surface area (Å²) < 4.78 is 0. The third kappa shape index (κ3) is 2.35. The van der Waals surface area contributed by atoms with E-state index < -0.39 is 5.41 Å². The Bertz CT molecular complexity index is 529. The largest absolute Gasteiger partial charge is 0.278 e. The first kappa shape index (κ1) is 13.3. The second kappa shape index (κ2) is 4.52. The Morgan fingerprint density at radius 3 is 2.56 bits per heavy atom. The summed E-state index contributed by atoms with van der Waals surface area (Å²) >= 11 is 11.7. The minimum atomic E-state index is -0.636. The second-order valence-corrected chi connectivity index (χ2v) is 5.74. The molecule has 2 amide bonds. The molecule has 2 rings (SSSR count). The fourth-order valence-corrected chi connectivity index (χ4v) is 2.34. The van der Waals surface area contributed by atoms with Gasteiger partial charge >= 0.3 is 0 Å². The zero-order valence-electron chi connectivity index (χ0n) is 10.0. The fraction of sp³-hybridized carbons (Fsp3) is 0.417. The second-order valence-electron chi connectivity index (χ2n) is 4.94. The Hall–Kier alpha value is -1.13. The molecule has 1 aliphatic rings. The molecule has 0 spiro atoms. The quantitative estimate of drug-likeness (QED) is 0.620. The number of amides is 2. The van der Waals surface area contributed by atoms with E-state index in [1.54, 1.807) is 13.8 Å². The van der Waals surface area contributed by atoms with E-state index in [0.717, 1.165) is 0 Å². The first-order valence-electron chi connectivity index (χ1n) is 5.46. The number of halogens is 2. The van der Waals surface area contributed by atoms with Crippen LogP contribution in [-0.2, 0) is 16.1 Å². The van der Waals surface area contributed by atoms with E-state index in [-0.39, 0.29) is 29.9 Å². The molecule has 0 aromatic carbocycles. The van der Waals surface area contributed by atoms with Gasteiger partial charge in [-0.25, -0.2) is 4.98 Å². The van der Waals surface area contributed by atoms with Crippen molar-refractivity contribution in [2.24, 2.45) is 5.41 Å². The molecule has 0 bridgehead atoms. The normalized spacial score (nSPS) is 18.6. The van der Waals surface area contributed by atoms with Crippen LogP contribution >= 0.6 is 23.2 Å². The van der Waals surface area contributed by atoms with Crippen molar-refractivity contribution in [2.75, 3.05) is 0 Å². The van der Waals surface area contributed by atoms with Crippen LogP contribution in [0.2, 0.25) is 10.2 Å². The van der Waals surface area contributed by atoms with Gasteiger partial charge in [-0.2, -0.15) is 0 Å². The highest BCUT2D eigenvalue weighted by Gasteiger charge is 2.44. The van der Waals surface area contributed by atoms with Gasteiger partial charge in [0.05, 0.1) is 17.0 Å². The van der Waals surface area contributed by atoms with Crippen molar-refractivity contribution in [3.63, 3.8) is 0 Å². The maximum Gasteiger partial charge on any atom is 0.235 e. The van der Waals surface area contributed by atoms with Crippen molar-refractivity contribution in [1.29, 1.82) is 0 Å². The van der Waals surface area contributed by atoms with E-state index in [1.807, 2.05) is 0 Å². The lowest BCUT2D eigenvalue weighted by Crippen LogP contribution is -2.32. The molecule has 6 heteroatoms. The average Bonchev–Trinajstić information content (AvgIpc) is 2.44. The lowest BCUT2D eigenvalue weighted by Gasteiger charge is -2.18. The van der Waals surface area contributed by atoms with Crippen molar-refractivity contribution in [3.05, 3.63) is 28.0 Å². The average molecular weight is 287 g/mol. The van der Waals surface area contributed by atoms with E-state index in [9.17, 15) is 9.59 Å². The molecule has 0 unspecified atom stereocenters. The van der Waals surface area contributed by atoms with E-state index in [4.69, 9.17) is 23.2 Å². The fourth-order valence-electron chi connectivity index (χ4n) is 1.91. The molecule has 0 atom stereocenters. The summed E-state index contributed by atoms with van der Waals surface area (Å²) in [6, 6.07) is 1.49. The minimum Gasteiger partial charge on any atom is -0.278 e. The molecule has 0 aliphatic carbocycles. The standard InChI is InChI=1S/C12H12Cl2N2O2/c1-12(2)4-10(17)16(11(12)18)6-7-5-15-9(14)3-8(7)13/h3,5H,4,6H2,1-2H3. The molecule has 4 nitrogen and oxygen atoms in total. The van der Waals surface area contributed by atoms with E-state index in [1.165, 1.54) is 17.2 Å². The lowest BCUT2D eigenvalue weighted by atomic mass is 9.92. The first-order chi connectivity index (χ1) is 8.31. The molecular weight excluding hydrogens is 275 g/mol. The van der Waals surface area contributed by atoms with Gasteiger partial charge in [0, 0.05) is 18.2 Å².